The van der Waals surface area contributed by atoms with Crippen molar-refractivity contribution in [2.75, 3.05) is 6.54 Å². The van der Waals surface area contributed by atoms with Crippen molar-refractivity contribution < 1.29 is 4.79 Å². The van der Waals surface area contributed by atoms with Crippen molar-refractivity contribution in [3.8, 4) is 0 Å². The van der Waals surface area contributed by atoms with Gasteiger partial charge in [0.25, 0.3) is 5.56 Å². The van der Waals surface area contributed by atoms with E-state index in [2.05, 4.69) is 44.5 Å². The summed E-state index contributed by atoms with van der Waals surface area (Å²) in [7, 11) is 0. The molecule has 0 bridgehead atoms. The lowest BCUT2D eigenvalue weighted by Gasteiger charge is -2.18. The zero-order valence-corrected chi connectivity index (χ0v) is 20.1. The van der Waals surface area contributed by atoms with Gasteiger partial charge in [-0.3, -0.25) is 9.59 Å². The highest BCUT2D eigenvalue weighted by molar-refractivity contribution is 7.18. The molecule has 5 aromatic rings. The minimum absolute atomic E-state index is 0.0269. The molecule has 7 heteroatoms. The number of para-hydroxylation sites is 1. The third-order valence-corrected chi connectivity index (χ3v) is 8.10. The van der Waals surface area contributed by atoms with Crippen molar-refractivity contribution in [1.29, 1.82) is 0 Å². The summed E-state index contributed by atoms with van der Waals surface area (Å²) in [5.74, 6) is 0.551. The Morgan fingerprint density at radius 2 is 1.91 bits per heavy atom. The number of nitrogens with one attached hydrogen (secondary N) is 3. The topological polar surface area (TPSA) is 90.6 Å². The number of benzene rings is 2. The third kappa shape index (κ3) is 4.17. The maximum absolute atomic E-state index is 12.8. The smallest absolute Gasteiger partial charge is 0.259 e. The predicted octanol–water partition coefficient (Wildman–Crippen LogP) is 4.84. The fraction of sp³-hybridized carbons (Fsp3) is 0.250. The molecule has 3 aromatic heterocycles. The molecule has 0 spiro atoms. The first kappa shape index (κ1) is 21.8. The fourth-order valence-corrected chi connectivity index (χ4v) is 6.46. The number of aromatic amines is 2. The second-order valence-corrected chi connectivity index (χ2v) is 10.2. The van der Waals surface area contributed by atoms with Crippen LogP contribution in [-0.4, -0.2) is 27.4 Å². The number of hydrogen-bond acceptors (Lipinski definition) is 4. The molecule has 2 aromatic carbocycles. The van der Waals surface area contributed by atoms with Gasteiger partial charge in [0.15, 0.2) is 0 Å². The molecule has 1 atom stereocenters. The van der Waals surface area contributed by atoms with Crippen LogP contribution < -0.4 is 10.9 Å². The second-order valence-electron chi connectivity index (χ2n) is 9.11. The molecule has 1 unspecified atom stereocenters. The number of thiophene rings is 1. The standard InChI is InChI=1S/C28H26N4O2S/c33-25(14-13-24-31-27(34)26-19-10-6-12-23(19)35-28(26)32-24)30-15-20(17-7-2-1-3-8-17)21-16-29-22-11-5-4-9-18(21)22/h1-5,7-9,11,16,20,29H,6,10,12-15H2,(H,30,33)(H,31,32,34). The zero-order valence-electron chi connectivity index (χ0n) is 19.3. The van der Waals surface area contributed by atoms with Crippen LogP contribution in [0, 0.1) is 0 Å². The van der Waals surface area contributed by atoms with Crippen LogP contribution in [0.1, 0.15) is 46.2 Å². The number of hydrogen-bond donors (Lipinski definition) is 3. The minimum atomic E-state index is -0.0757. The average molecular weight is 483 g/mol. The number of amides is 1. The van der Waals surface area contributed by atoms with Gasteiger partial charge in [0.05, 0.1) is 5.39 Å². The highest BCUT2D eigenvalue weighted by Crippen LogP contribution is 2.34. The number of nitrogens with zero attached hydrogens (tertiary/aromatic N) is 1. The molecule has 176 valence electrons. The molecule has 0 saturated heterocycles. The Kier molecular flexibility index (Phi) is 5.70. The van der Waals surface area contributed by atoms with E-state index in [0.717, 1.165) is 51.5 Å². The van der Waals surface area contributed by atoms with Crippen molar-refractivity contribution >= 4 is 38.4 Å². The largest absolute Gasteiger partial charge is 0.361 e. The van der Waals surface area contributed by atoms with E-state index in [4.69, 9.17) is 0 Å². The first-order valence-corrected chi connectivity index (χ1v) is 12.9. The summed E-state index contributed by atoms with van der Waals surface area (Å²) in [6, 6.07) is 18.5. The van der Waals surface area contributed by atoms with Gasteiger partial charge in [-0.2, -0.15) is 0 Å². The molecule has 3 N–H and O–H groups in total. The molecule has 3 heterocycles. The van der Waals surface area contributed by atoms with Crippen molar-refractivity contribution in [2.45, 2.75) is 38.0 Å². The maximum atomic E-state index is 12.8. The van der Waals surface area contributed by atoms with Gasteiger partial charge in [0, 0.05) is 47.3 Å². The highest BCUT2D eigenvalue weighted by Gasteiger charge is 2.22. The molecule has 35 heavy (non-hydrogen) atoms. The lowest BCUT2D eigenvalue weighted by Crippen LogP contribution is -2.29. The van der Waals surface area contributed by atoms with Gasteiger partial charge >= 0.3 is 0 Å². The Hall–Kier alpha value is -3.71. The van der Waals surface area contributed by atoms with E-state index in [1.54, 1.807) is 11.3 Å². The molecule has 0 aliphatic heterocycles. The summed E-state index contributed by atoms with van der Waals surface area (Å²) in [4.78, 5) is 38.5. The van der Waals surface area contributed by atoms with Crippen LogP contribution in [0.3, 0.4) is 0 Å². The number of carbonyl (C=O) groups excluding carboxylic acids is 1. The maximum Gasteiger partial charge on any atom is 0.259 e. The zero-order chi connectivity index (χ0) is 23.8. The molecule has 0 radical (unpaired) electrons. The van der Waals surface area contributed by atoms with Crippen LogP contribution >= 0.6 is 11.3 Å². The molecular weight excluding hydrogens is 456 g/mol. The monoisotopic (exact) mass is 482 g/mol. The van der Waals surface area contributed by atoms with Crippen LogP contribution in [0.2, 0.25) is 0 Å². The van der Waals surface area contributed by atoms with Crippen molar-refractivity contribution in [1.82, 2.24) is 20.3 Å². The first-order valence-electron chi connectivity index (χ1n) is 12.1. The summed E-state index contributed by atoms with van der Waals surface area (Å²) in [6.45, 7) is 0.491. The second kappa shape index (κ2) is 9.15. The van der Waals surface area contributed by atoms with Crippen molar-refractivity contribution in [2.24, 2.45) is 0 Å². The summed E-state index contributed by atoms with van der Waals surface area (Å²) in [6.07, 6.45) is 5.82. The Balaban J connectivity index is 1.17. The van der Waals surface area contributed by atoms with Gasteiger partial charge in [0.1, 0.15) is 10.7 Å². The van der Waals surface area contributed by atoms with E-state index < -0.39 is 0 Å². The van der Waals surface area contributed by atoms with Crippen molar-refractivity contribution in [3.63, 3.8) is 0 Å². The molecule has 1 amide bonds. The van der Waals surface area contributed by atoms with Gasteiger partial charge in [0.2, 0.25) is 5.91 Å². The van der Waals surface area contributed by atoms with Crippen LogP contribution in [0.25, 0.3) is 21.1 Å². The Labute approximate surface area is 206 Å². The number of rotatable bonds is 7. The lowest BCUT2D eigenvalue weighted by atomic mass is 9.91. The molecule has 6 nitrogen and oxygen atoms in total. The van der Waals surface area contributed by atoms with E-state index >= 15 is 0 Å². The highest BCUT2D eigenvalue weighted by atomic mass is 32.1. The molecular formula is C28H26N4O2S. The summed E-state index contributed by atoms with van der Waals surface area (Å²) in [5.41, 5.74) is 4.49. The lowest BCUT2D eigenvalue weighted by molar-refractivity contribution is -0.121. The Bertz CT molecular complexity index is 1580. The molecule has 6 rings (SSSR count). The number of fused-ring (bicyclic) bond motifs is 4. The Morgan fingerprint density at radius 1 is 1.09 bits per heavy atom. The van der Waals surface area contributed by atoms with Gasteiger partial charge < -0.3 is 15.3 Å². The van der Waals surface area contributed by atoms with Crippen molar-refractivity contribution in [3.05, 3.63) is 98.5 Å². The molecule has 0 fully saturated rings. The average Bonchev–Trinajstić information content (AvgIpc) is 3.58. The van der Waals surface area contributed by atoms with Gasteiger partial charge in [-0.05, 0) is 42.0 Å². The SMILES string of the molecule is O=C(CCc1nc2sc3c(c2c(=O)[nH]1)CCC3)NCC(c1ccccc1)c1c[nH]c2ccccc12. The van der Waals surface area contributed by atoms with E-state index in [1.807, 2.05) is 36.5 Å². The van der Waals surface area contributed by atoms with Crippen LogP contribution in [-0.2, 0) is 24.1 Å². The molecule has 1 aliphatic carbocycles. The van der Waals surface area contributed by atoms with E-state index in [1.165, 1.54) is 10.4 Å². The first-order chi connectivity index (χ1) is 17.2. The van der Waals surface area contributed by atoms with E-state index in [-0.39, 0.29) is 23.8 Å². The number of aryl methyl sites for hydroxylation is 3. The normalized spacial score (nSPS) is 13.8. The summed E-state index contributed by atoms with van der Waals surface area (Å²) in [5, 5.41) is 5.03. The van der Waals surface area contributed by atoms with Gasteiger partial charge in [-0.15, -0.1) is 11.3 Å². The van der Waals surface area contributed by atoms with Gasteiger partial charge in [-0.25, -0.2) is 4.98 Å². The fourth-order valence-electron chi connectivity index (χ4n) is 5.18. The van der Waals surface area contributed by atoms with Gasteiger partial charge in [-0.1, -0.05) is 48.5 Å². The quantitative estimate of drug-likeness (QED) is 0.310. The predicted molar refractivity (Wildman–Crippen MR) is 140 cm³/mol. The third-order valence-electron chi connectivity index (χ3n) is 6.91. The number of aromatic nitrogens is 3. The van der Waals surface area contributed by atoms with E-state index in [0.29, 0.717) is 18.8 Å². The summed E-state index contributed by atoms with van der Waals surface area (Å²) < 4.78 is 0. The number of carbonyl (C=O) groups is 1. The van der Waals surface area contributed by atoms with Crippen LogP contribution in [0.5, 0.6) is 0 Å². The summed E-state index contributed by atoms with van der Waals surface area (Å²) >= 11 is 1.63. The Morgan fingerprint density at radius 3 is 2.80 bits per heavy atom. The molecule has 0 saturated carbocycles. The number of H-pyrrole nitrogens is 2. The molecule has 1 aliphatic rings. The van der Waals surface area contributed by atoms with Crippen LogP contribution in [0.4, 0.5) is 0 Å². The minimum Gasteiger partial charge on any atom is -0.361 e. The van der Waals surface area contributed by atoms with E-state index in [9.17, 15) is 9.59 Å². The van der Waals surface area contributed by atoms with Crippen LogP contribution in [0.15, 0.2) is 65.6 Å².